The van der Waals surface area contributed by atoms with Gasteiger partial charge in [-0.3, -0.25) is 9.36 Å². The van der Waals surface area contributed by atoms with Crippen LogP contribution in [0.4, 0.5) is 0 Å². The molecule has 6 heteroatoms. The van der Waals surface area contributed by atoms with E-state index < -0.39 is 0 Å². The van der Waals surface area contributed by atoms with E-state index in [0.717, 1.165) is 18.0 Å². The van der Waals surface area contributed by atoms with Crippen LogP contribution in [0.3, 0.4) is 0 Å². The molecule has 1 aliphatic rings. The predicted molar refractivity (Wildman–Crippen MR) is 91.9 cm³/mol. The highest BCUT2D eigenvalue weighted by Crippen LogP contribution is 2.45. The second-order valence-electron chi connectivity index (χ2n) is 6.43. The lowest BCUT2D eigenvalue weighted by Gasteiger charge is -2.12. The molecule has 23 heavy (non-hydrogen) atoms. The number of hydrogen-bond donors (Lipinski definition) is 2. The lowest BCUT2D eigenvalue weighted by atomic mass is 10.2. The van der Waals surface area contributed by atoms with Gasteiger partial charge in [0.1, 0.15) is 11.3 Å². The molecule has 1 aliphatic carbocycles. The normalized spacial score (nSPS) is 15.7. The molecule has 2 N–H and O–H groups in total. The maximum atomic E-state index is 12.6. The summed E-state index contributed by atoms with van der Waals surface area (Å²) in [7, 11) is 0. The van der Waals surface area contributed by atoms with Crippen molar-refractivity contribution < 1.29 is 4.74 Å². The summed E-state index contributed by atoms with van der Waals surface area (Å²) in [5.41, 5.74) is 2.14. The number of fused-ring (bicyclic) bond motifs is 1. The Morgan fingerprint density at radius 1 is 1.26 bits per heavy atom. The van der Waals surface area contributed by atoms with Crippen molar-refractivity contribution in [2.24, 2.45) is 5.41 Å². The van der Waals surface area contributed by atoms with Gasteiger partial charge in [0.05, 0.1) is 17.8 Å². The third kappa shape index (κ3) is 2.59. The molecule has 1 aromatic carbocycles. The number of hydrogen-bond acceptors (Lipinski definition) is 3. The van der Waals surface area contributed by atoms with Gasteiger partial charge in [-0.25, -0.2) is 0 Å². The van der Waals surface area contributed by atoms with Gasteiger partial charge in [-0.15, -0.1) is 0 Å². The lowest BCUT2D eigenvalue weighted by molar-refractivity contribution is 0.247. The average Bonchev–Trinajstić information content (AvgIpc) is 3.08. The number of H-pyrrole nitrogens is 2. The first kappa shape index (κ1) is 14.3. The van der Waals surface area contributed by atoms with Crippen molar-refractivity contribution in [2.45, 2.75) is 19.8 Å². The molecular weight excluding hydrogens is 310 g/mol. The van der Waals surface area contributed by atoms with Gasteiger partial charge in [-0.2, -0.15) is 0 Å². The van der Waals surface area contributed by atoms with Crippen LogP contribution in [0.5, 0.6) is 5.75 Å². The molecule has 0 spiro atoms. The molecule has 0 unspecified atom stereocenters. The Balaban J connectivity index is 1.68. The maximum absolute atomic E-state index is 12.6. The number of benzene rings is 1. The molecule has 0 amide bonds. The Hall–Kier alpha value is -2.34. The van der Waals surface area contributed by atoms with Gasteiger partial charge in [-0.1, -0.05) is 6.92 Å². The van der Waals surface area contributed by atoms with Crippen LogP contribution in [0.25, 0.3) is 16.7 Å². The third-order valence-corrected chi connectivity index (χ3v) is 4.68. The smallest absolute Gasteiger partial charge is 0.283 e. The second kappa shape index (κ2) is 5.09. The highest BCUT2D eigenvalue weighted by Gasteiger charge is 2.38. The van der Waals surface area contributed by atoms with Gasteiger partial charge in [-0.05, 0) is 55.4 Å². The molecule has 0 bridgehead atoms. The number of aromatic amines is 2. The summed E-state index contributed by atoms with van der Waals surface area (Å²) in [4.78, 5) is 18.6. The highest BCUT2D eigenvalue weighted by molar-refractivity contribution is 7.71. The van der Waals surface area contributed by atoms with Crippen LogP contribution < -0.4 is 10.3 Å². The summed E-state index contributed by atoms with van der Waals surface area (Å²) in [5.74, 6) is 0.811. The van der Waals surface area contributed by atoms with Crippen LogP contribution in [0, 0.1) is 10.2 Å². The number of nitrogens with one attached hydrogen (secondary N) is 2. The minimum absolute atomic E-state index is 0.159. The van der Waals surface area contributed by atoms with Gasteiger partial charge in [0.15, 0.2) is 4.77 Å². The van der Waals surface area contributed by atoms with Gasteiger partial charge >= 0.3 is 0 Å². The van der Waals surface area contributed by atoms with Crippen molar-refractivity contribution in [3.8, 4) is 11.4 Å². The SMILES string of the molecule is CC1(COc2ccc(-n3c(=S)[nH]c4cc[nH]c4c3=O)cc2)CC1. The Morgan fingerprint density at radius 3 is 2.70 bits per heavy atom. The van der Waals surface area contributed by atoms with Crippen molar-refractivity contribution >= 4 is 23.3 Å². The van der Waals surface area contributed by atoms with E-state index in [0.29, 0.717) is 21.2 Å². The molecule has 118 valence electrons. The zero-order chi connectivity index (χ0) is 16.0. The Kier molecular flexibility index (Phi) is 3.16. The topological polar surface area (TPSA) is 62.8 Å². The summed E-state index contributed by atoms with van der Waals surface area (Å²) >= 11 is 5.32. The number of rotatable bonds is 4. The first-order chi connectivity index (χ1) is 11.1. The molecule has 3 aromatic rings. The molecule has 0 aliphatic heterocycles. The average molecular weight is 327 g/mol. The quantitative estimate of drug-likeness (QED) is 0.720. The first-order valence-electron chi connectivity index (χ1n) is 7.61. The van der Waals surface area contributed by atoms with E-state index in [9.17, 15) is 4.79 Å². The zero-order valence-electron chi connectivity index (χ0n) is 12.8. The van der Waals surface area contributed by atoms with Gasteiger partial charge < -0.3 is 14.7 Å². The van der Waals surface area contributed by atoms with Gasteiger partial charge in [0, 0.05) is 11.6 Å². The molecule has 4 rings (SSSR count). The zero-order valence-corrected chi connectivity index (χ0v) is 13.6. The van der Waals surface area contributed by atoms with Crippen LogP contribution >= 0.6 is 12.2 Å². The fourth-order valence-corrected chi connectivity index (χ4v) is 2.87. The minimum Gasteiger partial charge on any atom is -0.493 e. The van der Waals surface area contributed by atoms with Crippen LogP contribution in [0.1, 0.15) is 19.8 Å². The van der Waals surface area contributed by atoms with Crippen LogP contribution in [0.15, 0.2) is 41.3 Å². The Morgan fingerprint density at radius 2 is 2.00 bits per heavy atom. The van der Waals surface area contributed by atoms with Crippen molar-refractivity contribution in [1.29, 1.82) is 0 Å². The van der Waals surface area contributed by atoms with E-state index in [1.807, 2.05) is 24.3 Å². The fourth-order valence-electron chi connectivity index (χ4n) is 2.57. The molecule has 0 radical (unpaired) electrons. The Bertz CT molecular complexity index is 977. The van der Waals surface area contributed by atoms with Crippen molar-refractivity contribution in [1.82, 2.24) is 14.5 Å². The standard InChI is InChI=1S/C17H17N3O2S/c1-17(7-8-17)10-22-12-4-2-11(3-5-12)20-15(21)14-13(6-9-18-14)19-16(20)23/h2-6,9,18H,7-8,10H2,1H3,(H,19,23). The van der Waals surface area contributed by atoms with E-state index in [4.69, 9.17) is 17.0 Å². The van der Waals surface area contributed by atoms with Crippen LogP contribution in [-0.4, -0.2) is 21.1 Å². The van der Waals surface area contributed by atoms with Crippen LogP contribution in [-0.2, 0) is 0 Å². The summed E-state index contributed by atoms with van der Waals surface area (Å²) in [6.07, 6.45) is 4.18. The van der Waals surface area contributed by atoms with E-state index >= 15 is 0 Å². The second-order valence-corrected chi connectivity index (χ2v) is 6.82. The number of nitrogens with zero attached hydrogens (tertiary/aromatic N) is 1. The lowest BCUT2D eigenvalue weighted by Crippen LogP contribution is -2.20. The predicted octanol–water partition coefficient (Wildman–Crippen LogP) is 3.56. The maximum Gasteiger partial charge on any atom is 0.283 e. The molecule has 0 atom stereocenters. The largest absolute Gasteiger partial charge is 0.493 e. The van der Waals surface area contributed by atoms with E-state index in [1.54, 1.807) is 12.3 Å². The van der Waals surface area contributed by atoms with E-state index in [2.05, 4.69) is 16.9 Å². The molecule has 2 aromatic heterocycles. The molecule has 0 saturated heterocycles. The summed E-state index contributed by atoms with van der Waals surface area (Å²) in [6.45, 7) is 2.96. The van der Waals surface area contributed by atoms with E-state index in [1.165, 1.54) is 17.4 Å². The first-order valence-corrected chi connectivity index (χ1v) is 8.02. The monoisotopic (exact) mass is 327 g/mol. The molecular formula is C17H17N3O2S. The third-order valence-electron chi connectivity index (χ3n) is 4.39. The number of ether oxygens (including phenoxy) is 1. The summed E-state index contributed by atoms with van der Waals surface area (Å²) < 4.78 is 7.68. The summed E-state index contributed by atoms with van der Waals surface area (Å²) in [5, 5.41) is 0. The van der Waals surface area contributed by atoms with Crippen molar-refractivity contribution in [3.63, 3.8) is 0 Å². The minimum atomic E-state index is -0.159. The Labute approximate surface area is 137 Å². The van der Waals surface area contributed by atoms with Crippen molar-refractivity contribution in [2.75, 3.05) is 6.61 Å². The summed E-state index contributed by atoms with van der Waals surface area (Å²) in [6, 6.07) is 9.25. The van der Waals surface area contributed by atoms with Crippen LogP contribution in [0.2, 0.25) is 0 Å². The molecule has 1 fully saturated rings. The van der Waals surface area contributed by atoms with E-state index in [-0.39, 0.29) is 5.56 Å². The highest BCUT2D eigenvalue weighted by atomic mass is 32.1. The fraction of sp³-hybridized carbons (Fsp3) is 0.294. The van der Waals surface area contributed by atoms with Crippen molar-refractivity contribution in [3.05, 3.63) is 51.7 Å². The molecule has 5 nitrogen and oxygen atoms in total. The van der Waals surface area contributed by atoms with Gasteiger partial charge in [0.25, 0.3) is 5.56 Å². The number of aromatic nitrogens is 3. The molecule has 1 saturated carbocycles. The molecule has 2 heterocycles. The van der Waals surface area contributed by atoms with Gasteiger partial charge in [0.2, 0.25) is 0 Å².